The third-order valence-corrected chi connectivity index (χ3v) is 5.68. The SMILES string of the molecule is CCOc1ccc2ccccc2c1C(=O)n1cc(-c2ccc(O)c(OC)c2)c2cccnc21. The number of aromatic hydroxyl groups is 1. The Hall–Kier alpha value is -4.32. The van der Waals surface area contributed by atoms with Crippen LogP contribution in [0.4, 0.5) is 0 Å². The first-order chi connectivity index (χ1) is 16.1. The summed E-state index contributed by atoms with van der Waals surface area (Å²) in [6.45, 7) is 2.34. The number of carbonyl (C=O) groups excluding carboxylic acids is 1. The van der Waals surface area contributed by atoms with Crippen molar-refractivity contribution in [2.24, 2.45) is 0 Å². The van der Waals surface area contributed by atoms with Gasteiger partial charge in [0.2, 0.25) is 0 Å². The number of aromatic nitrogens is 2. The van der Waals surface area contributed by atoms with E-state index in [9.17, 15) is 9.90 Å². The highest BCUT2D eigenvalue weighted by Crippen LogP contribution is 2.37. The number of hydrogen-bond donors (Lipinski definition) is 1. The number of ether oxygens (including phenoxy) is 2. The van der Waals surface area contributed by atoms with Gasteiger partial charge in [0.25, 0.3) is 5.91 Å². The predicted octanol–water partition coefficient (Wildman–Crippen LogP) is 5.66. The van der Waals surface area contributed by atoms with Gasteiger partial charge in [0.05, 0.1) is 19.3 Å². The molecular formula is C27H22N2O4. The molecule has 0 radical (unpaired) electrons. The molecule has 0 spiro atoms. The van der Waals surface area contributed by atoms with Crippen molar-refractivity contribution in [2.45, 2.75) is 6.92 Å². The summed E-state index contributed by atoms with van der Waals surface area (Å²) >= 11 is 0. The molecule has 0 saturated carbocycles. The fourth-order valence-electron chi connectivity index (χ4n) is 4.16. The van der Waals surface area contributed by atoms with Crippen molar-refractivity contribution in [3.63, 3.8) is 0 Å². The van der Waals surface area contributed by atoms with Gasteiger partial charge in [-0.1, -0.05) is 36.4 Å². The maximum absolute atomic E-state index is 14.0. The Morgan fingerprint density at radius 1 is 1.00 bits per heavy atom. The van der Waals surface area contributed by atoms with Crippen molar-refractivity contribution in [3.8, 4) is 28.4 Å². The molecule has 0 atom stereocenters. The minimum atomic E-state index is -0.226. The number of phenolic OH excluding ortho intramolecular Hbond substituents is 1. The van der Waals surface area contributed by atoms with Crippen molar-refractivity contribution in [1.29, 1.82) is 0 Å². The number of methoxy groups -OCH3 is 1. The summed E-state index contributed by atoms with van der Waals surface area (Å²) in [7, 11) is 1.50. The zero-order chi connectivity index (χ0) is 22.9. The maximum Gasteiger partial charge on any atom is 0.267 e. The average molecular weight is 438 g/mol. The van der Waals surface area contributed by atoms with E-state index >= 15 is 0 Å². The van der Waals surface area contributed by atoms with E-state index in [1.54, 1.807) is 35.2 Å². The van der Waals surface area contributed by atoms with E-state index in [1.165, 1.54) is 7.11 Å². The van der Waals surface area contributed by atoms with Crippen LogP contribution >= 0.6 is 0 Å². The first-order valence-electron chi connectivity index (χ1n) is 10.6. The van der Waals surface area contributed by atoms with Gasteiger partial charge in [-0.25, -0.2) is 4.98 Å². The van der Waals surface area contributed by atoms with E-state index in [2.05, 4.69) is 4.98 Å². The van der Waals surface area contributed by atoms with Gasteiger partial charge in [-0.2, -0.15) is 0 Å². The van der Waals surface area contributed by atoms with Crippen molar-refractivity contribution in [2.75, 3.05) is 13.7 Å². The molecule has 0 bridgehead atoms. The van der Waals surface area contributed by atoms with E-state index in [1.807, 2.05) is 55.5 Å². The molecule has 0 aliphatic carbocycles. The quantitative estimate of drug-likeness (QED) is 0.383. The highest BCUT2D eigenvalue weighted by Gasteiger charge is 2.22. The smallest absolute Gasteiger partial charge is 0.267 e. The Kier molecular flexibility index (Phi) is 5.18. The van der Waals surface area contributed by atoms with Crippen LogP contribution in [0.5, 0.6) is 17.2 Å². The fourth-order valence-corrected chi connectivity index (χ4v) is 4.16. The normalized spacial score (nSPS) is 11.1. The fraction of sp³-hybridized carbons (Fsp3) is 0.111. The average Bonchev–Trinajstić information content (AvgIpc) is 3.24. The molecule has 0 aliphatic heterocycles. The van der Waals surface area contributed by atoms with Gasteiger partial charge in [0, 0.05) is 23.3 Å². The molecule has 6 nitrogen and oxygen atoms in total. The lowest BCUT2D eigenvalue weighted by atomic mass is 10.0. The summed E-state index contributed by atoms with van der Waals surface area (Å²) in [5.74, 6) is 0.718. The predicted molar refractivity (Wildman–Crippen MR) is 128 cm³/mol. The van der Waals surface area contributed by atoms with Crippen molar-refractivity contribution >= 4 is 27.7 Å². The highest BCUT2D eigenvalue weighted by atomic mass is 16.5. The standard InChI is InChI=1S/C27H22N2O4/c1-3-33-23-13-11-17-7-4-5-8-19(17)25(23)27(31)29-16-21(20-9-6-14-28-26(20)29)18-10-12-22(30)24(15-18)32-2/h4-16,30H,3H2,1-2H3. The van der Waals surface area contributed by atoms with Crippen LogP contribution in [-0.2, 0) is 0 Å². The van der Waals surface area contributed by atoms with Gasteiger partial charge < -0.3 is 14.6 Å². The van der Waals surface area contributed by atoms with Crippen LogP contribution in [0.25, 0.3) is 32.9 Å². The molecule has 5 aromatic rings. The molecule has 3 aromatic carbocycles. The maximum atomic E-state index is 14.0. The molecule has 0 unspecified atom stereocenters. The van der Waals surface area contributed by atoms with Crippen molar-refractivity contribution < 1.29 is 19.4 Å². The third kappa shape index (κ3) is 3.46. The van der Waals surface area contributed by atoms with Crippen LogP contribution in [0.2, 0.25) is 0 Å². The molecule has 2 heterocycles. The second-order valence-corrected chi connectivity index (χ2v) is 7.57. The molecule has 0 fully saturated rings. The monoisotopic (exact) mass is 438 g/mol. The van der Waals surface area contributed by atoms with Gasteiger partial charge >= 0.3 is 0 Å². The number of carbonyl (C=O) groups is 1. The summed E-state index contributed by atoms with van der Waals surface area (Å²) in [4.78, 5) is 18.5. The Morgan fingerprint density at radius 3 is 2.64 bits per heavy atom. The molecule has 0 amide bonds. The minimum Gasteiger partial charge on any atom is -0.504 e. The largest absolute Gasteiger partial charge is 0.504 e. The third-order valence-electron chi connectivity index (χ3n) is 5.68. The van der Waals surface area contributed by atoms with Gasteiger partial charge in [-0.3, -0.25) is 9.36 Å². The second kappa shape index (κ2) is 8.31. The number of nitrogens with zero attached hydrogens (tertiary/aromatic N) is 2. The number of benzene rings is 3. The lowest BCUT2D eigenvalue weighted by molar-refractivity contribution is 0.0962. The van der Waals surface area contributed by atoms with Crippen LogP contribution in [0.15, 0.2) is 79.1 Å². The van der Waals surface area contributed by atoms with Gasteiger partial charge in [-0.05, 0) is 53.6 Å². The Balaban J connectivity index is 1.74. The van der Waals surface area contributed by atoms with Crippen molar-refractivity contribution in [3.05, 3.63) is 84.7 Å². The van der Waals surface area contributed by atoms with Gasteiger partial charge in [-0.15, -0.1) is 0 Å². The molecule has 5 rings (SSSR count). The second-order valence-electron chi connectivity index (χ2n) is 7.57. The van der Waals surface area contributed by atoms with Crippen LogP contribution in [0.3, 0.4) is 0 Å². The summed E-state index contributed by atoms with van der Waals surface area (Å²) in [6, 6.07) is 20.4. The molecule has 164 valence electrons. The molecule has 0 aliphatic rings. The van der Waals surface area contributed by atoms with E-state index in [0.29, 0.717) is 29.3 Å². The van der Waals surface area contributed by atoms with Gasteiger partial charge in [0.15, 0.2) is 11.5 Å². The summed E-state index contributed by atoms with van der Waals surface area (Å²) in [6.07, 6.45) is 3.45. The lowest BCUT2D eigenvalue weighted by Gasteiger charge is -2.13. The van der Waals surface area contributed by atoms with E-state index in [0.717, 1.165) is 27.3 Å². The molecule has 2 aromatic heterocycles. The summed E-state index contributed by atoms with van der Waals surface area (Å²) in [5, 5.41) is 12.6. The minimum absolute atomic E-state index is 0.0521. The molecule has 33 heavy (non-hydrogen) atoms. The van der Waals surface area contributed by atoms with Crippen LogP contribution in [0, 0.1) is 0 Å². The Morgan fingerprint density at radius 2 is 1.82 bits per heavy atom. The number of pyridine rings is 1. The van der Waals surface area contributed by atoms with Crippen molar-refractivity contribution in [1.82, 2.24) is 9.55 Å². The van der Waals surface area contributed by atoms with Crippen LogP contribution in [-0.4, -0.2) is 34.3 Å². The van der Waals surface area contributed by atoms with E-state index < -0.39 is 0 Å². The number of phenols is 1. The summed E-state index contributed by atoms with van der Waals surface area (Å²) in [5.41, 5.74) is 2.65. The highest BCUT2D eigenvalue weighted by molar-refractivity contribution is 6.13. The molecule has 1 N–H and O–H groups in total. The van der Waals surface area contributed by atoms with E-state index in [-0.39, 0.29) is 11.7 Å². The first kappa shape index (κ1) is 20.6. The van der Waals surface area contributed by atoms with E-state index in [4.69, 9.17) is 9.47 Å². The zero-order valence-corrected chi connectivity index (χ0v) is 18.3. The molecule has 0 saturated heterocycles. The number of fused-ring (bicyclic) bond motifs is 2. The topological polar surface area (TPSA) is 73.6 Å². The first-order valence-corrected chi connectivity index (χ1v) is 10.6. The molecular weight excluding hydrogens is 416 g/mol. The number of rotatable bonds is 5. The molecule has 6 heteroatoms. The Bertz CT molecular complexity index is 1500. The van der Waals surface area contributed by atoms with Crippen LogP contribution in [0.1, 0.15) is 17.3 Å². The van der Waals surface area contributed by atoms with Crippen LogP contribution < -0.4 is 9.47 Å². The number of hydrogen-bond acceptors (Lipinski definition) is 5. The zero-order valence-electron chi connectivity index (χ0n) is 18.3. The van der Waals surface area contributed by atoms with Gasteiger partial charge in [0.1, 0.15) is 11.4 Å². The Labute approximate surface area is 190 Å². The summed E-state index contributed by atoms with van der Waals surface area (Å²) < 4.78 is 12.7. The lowest BCUT2D eigenvalue weighted by Crippen LogP contribution is -2.14.